The van der Waals surface area contributed by atoms with Crippen molar-refractivity contribution in [2.24, 2.45) is 7.05 Å². The smallest absolute Gasteiger partial charge is 0.139 e. The zero-order chi connectivity index (χ0) is 16.5. The van der Waals surface area contributed by atoms with Crippen LogP contribution in [0.4, 0.5) is 0 Å². The number of hydrogen-bond donors (Lipinski definition) is 1. The van der Waals surface area contributed by atoms with Crippen molar-refractivity contribution in [1.29, 1.82) is 0 Å². The maximum absolute atomic E-state index is 5.90. The van der Waals surface area contributed by atoms with Gasteiger partial charge in [0, 0.05) is 37.5 Å². The molecule has 0 bridgehead atoms. The highest BCUT2D eigenvalue weighted by Gasteiger charge is 2.32. The molecule has 2 atom stereocenters. The lowest BCUT2D eigenvalue weighted by molar-refractivity contribution is 0.0889. The normalized spacial score (nSPS) is 20.8. The SMILES string of the molecule is COc1ccc2oc(CN[C@H]3CCO[C@@H]3c3nccn3C)cc2c1. The topological polar surface area (TPSA) is 61.4 Å². The minimum atomic E-state index is -0.0190. The van der Waals surface area contributed by atoms with Crippen molar-refractivity contribution in [3.63, 3.8) is 0 Å². The van der Waals surface area contributed by atoms with E-state index in [0.717, 1.165) is 41.3 Å². The highest BCUT2D eigenvalue weighted by Crippen LogP contribution is 2.29. The van der Waals surface area contributed by atoms with Gasteiger partial charge in [-0.25, -0.2) is 4.98 Å². The Morgan fingerprint density at radius 1 is 1.38 bits per heavy atom. The minimum absolute atomic E-state index is 0.0190. The van der Waals surface area contributed by atoms with Crippen molar-refractivity contribution in [2.75, 3.05) is 13.7 Å². The van der Waals surface area contributed by atoms with E-state index in [1.807, 2.05) is 36.0 Å². The van der Waals surface area contributed by atoms with E-state index in [-0.39, 0.29) is 12.1 Å². The predicted molar refractivity (Wildman–Crippen MR) is 89.9 cm³/mol. The third kappa shape index (κ3) is 2.79. The summed E-state index contributed by atoms with van der Waals surface area (Å²) in [6.07, 6.45) is 4.70. The molecule has 0 amide bonds. The summed E-state index contributed by atoms with van der Waals surface area (Å²) in [4.78, 5) is 4.42. The monoisotopic (exact) mass is 327 g/mol. The van der Waals surface area contributed by atoms with Crippen molar-refractivity contribution in [1.82, 2.24) is 14.9 Å². The summed E-state index contributed by atoms with van der Waals surface area (Å²) in [5, 5.41) is 4.60. The minimum Gasteiger partial charge on any atom is -0.497 e. The Labute approximate surface area is 140 Å². The van der Waals surface area contributed by atoms with Gasteiger partial charge in [0.05, 0.1) is 13.7 Å². The lowest BCUT2D eigenvalue weighted by atomic mass is 10.1. The van der Waals surface area contributed by atoms with Crippen LogP contribution < -0.4 is 10.1 Å². The highest BCUT2D eigenvalue weighted by molar-refractivity contribution is 5.79. The Hall–Kier alpha value is -2.31. The third-order valence-electron chi connectivity index (χ3n) is 4.52. The Morgan fingerprint density at radius 2 is 2.29 bits per heavy atom. The molecular weight excluding hydrogens is 306 g/mol. The van der Waals surface area contributed by atoms with E-state index in [4.69, 9.17) is 13.9 Å². The number of methoxy groups -OCH3 is 1. The summed E-state index contributed by atoms with van der Waals surface area (Å²) in [6.45, 7) is 1.40. The number of fused-ring (bicyclic) bond motifs is 1. The van der Waals surface area contributed by atoms with Crippen molar-refractivity contribution < 1.29 is 13.9 Å². The van der Waals surface area contributed by atoms with Gasteiger partial charge in [-0.1, -0.05) is 0 Å². The lowest BCUT2D eigenvalue weighted by Gasteiger charge is -2.19. The predicted octanol–water partition coefficient (Wildman–Crippen LogP) is 2.79. The zero-order valence-electron chi connectivity index (χ0n) is 13.9. The van der Waals surface area contributed by atoms with Gasteiger partial charge in [0.1, 0.15) is 29.0 Å². The van der Waals surface area contributed by atoms with Gasteiger partial charge in [-0.2, -0.15) is 0 Å². The second-order valence-electron chi connectivity index (χ2n) is 6.08. The Kier molecular flexibility index (Phi) is 4.00. The first-order chi connectivity index (χ1) is 11.7. The van der Waals surface area contributed by atoms with Crippen LogP contribution in [-0.4, -0.2) is 29.3 Å². The Morgan fingerprint density at radius 3 is 3.08 bits per heavy atom. The molecule has 3 aromatic rings. The summed E-state index contributed by atoms with van der Waals surface area (Å²) in [5.74, 6) is 2.70. The number of hydrogen-bond acceptors (Lipinski definition) is 5. The molecule has 1 aliphatic rings. The zero-order valence-corrected chi connectivity index (χ0v) is 13.9. The summed E-state index contributed by atoms with van der Waals surface area (Å²) < 4.78 is 19.0. The van der Waals surface area contributed by atoms with E-state index >= 15 is 0 Å². The van der Waals surface area contributed by atoms with E-state index < -0.39 is 0 Å². The van der Waals surface area contributed by atoms with Crippen LogP contribution in [0.3, 0.4) is 0 Å². The van der Waals surface area contributed by atoms with Gasteiger partial charge >= 0.3 is 0 Å². The molecule has 1 aromatic carbocycles. The summed E-state index contributed by atoms with van der Waals surface area (Å²) >= 11 is 0. The molecule has 1 saturated heterocycles. The van der Waals surface area contributed by atoms with Crippen molar-refractivity contribution in [2.45, 2.75) is 25.1 Å². The molecule has 24 heavy (non-hydrogen) atoms. The number of nitrogens with one attached hydrogen (secondary N) is 1. The quantitative estimate of drug-likeness (QED) is 0.781. The van der Waals surface area contributed by atoms with E-state index in [2.05, 4.69) is 16.4 Å². The molecule has 3 heterocycles. The van der Waals surface area contributed by atoms with Crippen molar-refractivity contribution in [3.8, 4) is 5.75 Å². The average Bonchev–Trinajstić information content (AvgIpc) is 3.30. The van der Waals surface area contributed by atoms with Gasteiger partial charge in [-0.05, 0) is 30.7 Å². The molecule has 6 heteroatoms. The number of furan rings is 1. The van der Waals surface area contributed by atoms with E-state index in [9.17, 15) is 0 Å². The molecule has 0 unspecified atom stereocenters. The van der Waals surface area contributed by atoms with Gasteiger partial charge in [0.15, 0.2) is 0 Å². The van der Waals surface area contributed by atoms with Crippen LogP contribution in [0.1, 0.15) is 24.1 Å². The molecule has 0 aliphatic carbocycles. The molecule has 1 N–H and O–H groups in total. The van der Waals surface area contributed by atoms with E-state index in [0.29, 0.717) is 6.54 Å². The molecule has 0 spiro atoms. The second-order valence-corrected chi connectivity index (χ2v) is 6.08. The third-order valence-corrected chi connectivity index (χ3v) is 4.52. The summed E-state index contributed by atoms with van der Waals surface area (Å²) in [7, 11) is 3.66. The number of imidazole rings is 1. The first-order valence-electron chi connectivity index (χ1n) is 8.13. The molecule has 1 aliphatic heterocycles. The first-order valence-corrected chi connectivity index (χ1v) is 8.13. The summed E-state index contributed by atoms with van der Waals surface area (Å²) in [5.41, 5.74) is 0.871. The van der Waals surface area contributed by atoms with Crippen LogP contribution in [0.2, 0.25) is 0 Å². The fourth-order valence-corrected chi connectivity index (χ4v) is 3.23. The maximum Gasteiger partial charge on any atom is 0.139 e. The number of rotatable bonds is 5. The van der Waals surface area contributed by atoms with E-state index in [1.54, 1.807) is 13.3 Å². The second kappa shape index (κ2) is 6.30. The summed E-state index contributed by atoms with van der Waals surface area (Å²) in [6, 6.07) is 8.11. The van der Waals surface area contributed by atoms with Crippen LogP contribution in [0.15, 0.2) is 41.1 Å². The van der Waals surface area contributed by atoms with Crippen molar-refractivity contribution in [3.05, 3.63) is 48.2 Å². The van der Waals surface area contributed by atoms with Crippen LogP contribution in [-0.2, 0) is 18.3 Å². The molecule has 126 valence electrons. The molecule has 1 fully saturated rings. The number of nitrogens with zero attached hydrogens (tertiary/aromatic N) is 2. The number of benzene rings is 1. The highest BCUT2D eigenvalue weighted by atomic mass is 16.5. The fourth-order valence-electron chi connectivity index (χ4n) is 3.23. The average molecular weight is 327 g/mol. The number of ether oxygens (including phenoxy) is 2. The fraction of sp³-hybridized carbons (Fsp3) is 0.389. The standard InChI is InChI=1S/C18H21N3O3/c1-21-7-6-19-18(21)17-15(5-8-23-17)20-11-14-10-12-9-13(22-2)3-4-16(12)24-14/h3-4,6-7,9-10,15,17,20H,5,8,11H2,1-2H3/t15-,17-/m0/s1. The lowest BCUT2D eigenvalue weighted by Crippen LogP contribution is -2.32. The molecular formula is C18H21N3O3. The van der Waals surface area contributed by atoms with Gasteiger partial charge in [0.25, 0.3) is 0 Å². The molecule has 0 saturated carbocycles. The van der Waals surface area contributed by atoms with Crippen LogP contribution in [0.5, 0.6) is 5.75 Å². The van der Waals surface area contributed by atoms with Gasteiger partial charge in [-0.15, -0.1) is 0 Å². The van der Waals surface area contributed by atoms with Crippen LogP contribution >= 0.6 is 0 Å². The Bertz CT molecular complexity index is 839. The number of aryl methyl sites for hydroxylation is 1. The number of aromatic nitrogens is 2. The van der Waals surface area contributed by atoms with Crippen LogP contribution in [0, 0.1) is 0 Å². The van der Waals surface area contributed by atoms with E-state index in [1.165, 1.54) is 0 Å². The van der Waals surface area contributed by atoms with Gasteiger partial charge in [0.2, 0.25) is 0 Å². The molecule has 2 aromatic heterocycles. The molecule has 6 nitrogen and oxygen atoms in total. The van der Waals surface area contributed by atoms with Gasteiger partial charge in [-0.3, -0.25) is 0 Å². The molecule has 4 rings (SSSR count). The largest absolute Gasteiger partial charge is 0.497 e. The maximum atomic E-state index is 5.90. The first kappa shape index (κ1) is 15.2. The van der Waals surface area contributed by atoms with Crippen molar-refractivity contribution >= 4 is 11.0 Å². The van der Waals surface area contributed by atoms with Crippen LogP contribution in [0.25, 0.3) is 11.0 Å². The van der Waals surface area contributed by atoms with Gasteiger partial charge < -0.3 is 23.8 Å². The molecule has 0 radical (unpaired) electrons. The Balaban J connectivity index is 1.47.